The van der Waals surface area contributed by atoms with Crippen LogP contribution < -0.4 is 4.46 Å². The van der Waals surface area contributed by atoms with Crippen molar-refractivity contribution in [1.82, 2.24) is 0 Å². The minimum atomic E-state index is 0.634. The van der Waals surface area contributed by atoms with Crippen molar-refractivity contribution in [2.24, 2.45) is 5.92 Å². The van der Waals surface area contributed by atoms with E-state index in [1.54, 1.807) is 5.57 Å². The molecule has 1 aliphatic carbocycles. The second-order valence-corrected chi connectivity index (χ2v) is 7.45. The Morgan fingerprint density at radius 1 is 1.05 bits per heavy atom. The van der Waals surface area contributed by atoms with E-state index in [-0.39, 0.29) is 0 Å². The van der Waals surface area contributed by atoms with E-state index in [9.17, 15) is 0 Å². The summed E-state index contributed by atoms with van der Waals surface area (Å²) in [7, 11) is 0. The third-order valence-electron chi connectivity index (χ3n) is 3.47. The van der Waals surface area contributed by atoms with Crippen molar-refractivity contribution in [2.75, 3.05) is 0 Å². The van der Waals surface area contributed by atoms with Gasteiger partial charge in [-0.3, -0.25) is 0 Å². The van der Waals surface area contributed by atoms with E-state index < -0.39 is 0 Å². The first-order chi connectivity index (χ1) is 9.31. The van der Waals surface area contributed by atoms with Gasteiger partial charge in [-0.2, -0.15) is 0 Å². The molecule has 2 aromatic carbocycles. The Balaban J connectivity index is 1.55. The minimum absolute atomic E-state index is 0.634. The monoisotopic (exact) mass is 314 g/mol. The molecule has 0 aliphatic heterocycles. The summed E-state index contributed by atoms with van der Waals surface area (Å²) >= 11 is 0.634. The molecule has 3 rings (SSSR count). The molecule has 0 nitrogen and oxygen atoms in total. The number of hydrogen-bond donors (Lipinski definition) is 0. The molecule has 1 aliphatic rings. The van der Waals surface area contributed by atoms with Crippen LogP contribution in [0.1, 0.15) is 17.5 Å². The van der Waals surface area contributed by atoms with Crippen LogP contribution in [0.4, 0.5) is 0 Å². The van der Waals surface area contributed by atoms with Crippen molar-refractivity contribution in [3.8, 4) is 0 Å². The van der Waals surface area contributed by atoms with Crippen molar-refractivity contribution in [3.05, 3.63) is 71.3 Å². The fourth-order valence-corrected chi connectivity index (χ4v) is 4.41. The first-order valence-electron chi connectivity index (χ1n) is 6.76. The molecule has 0 aromatic heterocycles. The zero-order valence-electron chi connectivity index (χ0n) is 11.2. The number of aryl methyl sites for hydroxylation is 1. The zero-order valence-corrected chi connectivity index (χ0v) is 12.9. The third-order valence-corrected chi connectivity index (χ3v) is 5.93. The standard InChI is InChI=1S/C18H18Se/c1-14-7-9-15(10-8-14)11-16-12-17(16)13-19-18-5-3-2-4-6-18/h2-11,17H,12-13H2,1H3/b16-11+. The van der Waals surface area contributed by atoms with Crippen LogP contribution in [0.5, 0.6) is 0 Å². The predicted octanol–water partition coefficient (Wildman–Crippen LogP) is 3.85. The van der Waals surface area contributed by atoms with Gasteiger partial charge < -0.3 is 0 Å². The maximum absolute atomic E-state index is 2.38. The Morgan fingerprint density at radius 3 is 2.53 bits per heavy atom. The Bertz CT molecular complexity index is 566. The van der Waals surface area contributed by atoms with Crippen LogP contribution >= 0.6 is 0 Å². The van der Waals surface area contributed by atoms with E-state index >= 15 is 0 Å². The molecule has 0 N–H and O–H groups in total. The molecule has 1 saturated carbocycles. The van der Waals surface area contributed by atoms with Crippen LogP contribution in [-0.2, 0) is 0 Å². The van der Waals surface area contributed by atoms with Crippen LogP contribution in [0.25, 0.3) is 6.08 Å². The molecule has 2 aromatic rings. The van der Waals surface area contributed by atoms with Crippen LogP contribution in [0.15, 0.2) is 60.2 Å². The van der Waals surface area contributed by atoms with Crippen molar-refractivity contribution in [2.45, 2.75) is 18.7 Å². The van der Waals surface area contributed by atoms with Crippen LogP contribution in [0.3, 0.4) is 0 Å². The van der Waals surface area contributed by atoms with Gasteiger partial charge in [0.15, 0.2) is 0 Å². The van der Waals surface area contributed by atoms with Crippen LogP contribution in [0.2, 0.25) is 5.32 Å². The average Bonchev–Trinajstić information content (AvgIpc) is 3.19. The quantitative estimate of drug-likeness (QED) is 0.752. The van der Waals surface area contributed by atoms with Gasteiger partial charge in [-0.05, 0) is 0 Å². The topological polar surface area (TPSA) is 0 Å². The van der Waals surface area contributed by atoms with E-state index in [1.165, 1.54) is 27.3 Å². The Kier molecular flexibility index (Phi) is 3.87. The molecule has 1 fully saturated rings. The van der Waals surface area contributed by atoms with Crippen molar-refractivity contribution < 1.29 is 0 Å². The third kappa shape index (κ3) is 3.59. The molecule has 0 saturated heterocycles. The zero-order chi connectivity index (χ0) is 13.1. The van der Waals surface area contributed by atoms with Gasteiger partial charge in [-0.1, -0.05) is 0 Å². The van der Waals surface area contributed by atoms with Gasteiger partial charge in [0.2, 0.25) is 0 Å². The first-order valence-corrected chi connectivity index (χ1v) is 8.83. The fraction of sp³-hybridized carbons (Fsp3) is 0.222. The second-order valence-electron chi connectivity index (χ2n) is 5.16. The fourth-order valence-electron chi connectivity index (χ4n) is 2.16. The molecule has 0 radical (unpaired) electrons. The van der Waals surface area contributed by atoms with Gasteiger partial charge in [0.05, 0.1) is 0 Å². The Labute approximate surface area is 121 Å². The number of hydrogen-bond acceptors (Lipinski definition) is 0. The summed E-state index contributed by atoms with van der Waals surface area (Å²) < 4.78 is 1.52. The molecular formula is C18H18Se. The van der Waals surface area contributed by atoms with Crippen molar-refractivity contribution >= 4 is 25.5 Å². The van der Waals surface area contributed by atoms with Crippen LogP contribution in [-0.4, -0.2) is 15.0 Å². The molecule has 0 amide bonds. The summed E-state index contributed by atoms with van der Waals surface area (Å²) in [6, 6.07) is 19.7. The summed E-state index contributed by atoms with van der Waals surface area (Å²) in [5.41, 5.74) is 4.33. The van der Waals surface area contributed by atoms with E-state index in [0.29, 0.717) is 15.0 Å². The van der Waals surface area contributed by atoms with Gasteiger partial charge in [0.25, 0.3) is 0 Å². The van der Waals surface area contributed by atoms with E-state index in [1.807, 2.05) is 0 Å². The summed E-state index contributed by atoms with van der Waals surface area (Å²) in [5.74, 6) is 0.849. The van der Waals surface area contributed by atoms with Gasteiger partial charge in [0.1, 0.15) is 0 Å². The van der Waals surface area contributed by atoms with Crippen LogP contribution in [0, 0.1) is 12.8 Å². The van der Waals surface area contributed by atoms with Gasteiger partial charge in [-0.25, -0.2) is 0 Å². The van der Waals surface area contributed by atoms with E-state index in [4.69, 9.17) is 0 Å². The summed E-state index contributed by atoms with van der Waals surface area (Å²) in [6.45, 7) is 2.14. The Hall–Kier alpha value is -1.30. The molecule has 0 bridgehead atoms. The summed E-state index contributed by atoms with van der Waals surface area (Å²) in [6.07, 6.45) is 3.69. The summed E-state index contributed by atoms with van der Waals surface area (Å²) in [4.78, 5) is 0. The molecule has 0 spiro atoms. The normalized spacial score (nSPS) is 19.6. The van der Waals surface area contributed by atoms with Gasteiger partial charge in [-0.15, -0.1) is 0 Å². The van der Waals surface area contributed by atoms with E-state index in [2.05, 4.69) is 67.6 Å². The predicted molar refractivity (Wildman–Crippen MR) is 83.9 cm³/mol. The molecular weight excluding hydrogens is 295 g/mol. The average molecular weight is 313 g/mol. The molecule has 96 valence electrons. The number of benzene rings is 2. The molecule has 1 heteroatoms. The van der Waals surface area contributed by atoms with Gasteiger partial charge in [0, 0.05) is 0 Å². The molecule has 0 heterocycles. The molecule has 1 unspecified atom stereocenters. The number of rotatable bonds is 4. The SMILES string of the molecule is Cc1ccc(/C=C2\CC2C[Se]c2ccccc2)cc1. The maximum atomic E-state index is 2.38. The second kappa shape index (κ2) is 5.77. The Morgan fingerprint density at radius 2 is 1.79 bits per heavy atom. The number of allylic oxidation sites excluding steroid dienone is 1. The van der Waals surface area contributed by atoms with Gasteiger partial charge >= 0.3 is 121 Å². The van der Waals surface area contributed by atoms with Crippen molar-refractivity contribution in [3.63, 3.8) is 0 Å². The summed E-state index contributed by atoms with van der Waals surface area (Å²) in [5, 5.41) is 1.36. The van der Waals surface area contributed by atoms with Crippen molar-refractivity contribution in [1.29, 1.82) is 0 Å². The van der Waals surface area contributed by atoms with E-state index in [0.717, 1.165) is 5.92 Å². The molecule has 1 atom stereocenters. The molecule has 19 heavy (non-hydrogen) atoms. The first kappa shape index (κ1) is 12.7.